The lowest BCUT2D eigenvalue weighted by Gasteiger charge is -2.41. The van der Waals surface area contributed by atoms with Gasteiger partial charge in [0.05, 0.1) is 29.4 Å². The van der Waals surface area contributed by atoms with Gasteiger partial charge in [-0.05, 0) is 77.1 Å². The number of likely N-dealkylation sites (tertiary alicyclic amines) is 1. The first-order valence-electron chi connectivity index (χ1n) is 14.2. The van der Waals surface area contributed by atoms with Gasteiger partial charge in [-0.25, -0.2) is 4.39 Å². The minimum atomic E-state index is -0.525. The second-order valence-electron chi connectivity index (χ2n) is 12.0. The number of hydrogen-bond donors (Lipinski definition) is 1. The van der Waals surface area contributed by atoms with Crippen molar-refractivity contribution in [3.05, 3.63) is 53.6 Å². The average Bonchev–Trinajstić information content (AvgIpc) is 3.62. The van der Waals surface area contributed by atoms with Gasteiger partial charge in [0.2, 0.25) is 5.91 Å². The lowest BCUT2D eigenvalue weighted by Crippen LogP contribution is -2.59. The van der Waals surface area contributed by atoms with E-state index in [1.165, 1.54) is 24.4 Å². The topological polar surface area (TPSA) is 100 Å². The van der Waals surface area contributed by atoms with Gasteiger partial charge in [0.25, 0.3) is 5.91 Å². The molecule has 0 unspecified atom stereocenters. The molecule has 4 heterocycles. The number of rotatable bonds is 7. The van der Waals surface area contributed by atoms with E-state index < -0.39 is 5.82 Å². The first-order valence-corrected chi connectivity index (χ1v) is 14.2. The summed E-state index contributed by atoms with van der Waals surface area (Å²) >= 11 is 0. The van der Waals surface area contributed by atoms with Crippen molar-refractivity contribution >= 4 is 28.6 Å². The third-order valence-corrected chi connectivity index (χ3v) is 8.73. The van der Waals surface area contributed by atoms with Crippen molar-refractivity contribution in [1.82, 2.24) is 29.9 Å². The predicted molar refractivity (Wildman–Crippen MR) is 148 cm³/mol. The molecule has 1 aliphatic carbocycles. The average molecular weight is 547 g/mol. The van der Waals surface area contributed by atoms with E-state index in [4.69, 9.17) is 0 Å². The SMILES string of the molecule is CC(C)N(C(=O)c1cc(F)ccc1-n1cc(C(=O)C2CN(C(=O)[C@H]3N[C@@H]4CC[C@H]3C4)C2)c2ccnnc21)C(C)C. The molecule has 3 aromatic rings. The number of hydrogen-bond acceptors (Lipinski definition) is 6. The minimum absolute atomic E-state index is 0.0809. The van der Waals surface area contributed by atoms with Crippen molar-refractivity contribution in [1.29, 1.82) is 0 Å². The summed E-state index contributed by atoms with van der Waals surface area (Å²) in [5.41, 5.74) is 1.47. The van der Waals surface area contributed by atoms with Crippen LogP contribution in [0.15, 0.2) is 36.7 Å². The molecule has 1 N–H and O–H groups in total. The molecule has 9 nitrogen and oxygen atoms in total. The molecule has 10 heteroatoms. The zero-order chi connectivity index (χ0) is 28.3. The standard InChI is InChI=1S/C30H35FN6O3/c1-16(2)37(17(3)4)29(39)23-12-20(31)6-8-25(23)36-15-24(22-9-10-32-34-28(22)36)27(38)19-13-35(14-19)30(40)26-18-5-7-21(11-18)33-26/h6,8-10,12,15-19,21,26,33H,5,7,11,13-14H2,1-4H3/t18-,21+,26-/m0/s1. The summed E-state index contributed by atoms with van der Waals surface area (Å²) in [4.78, 5) is 43.9. The fraction of sp³-hybridized carbons (Fsp3) is 0.500. The second-order valence-corrected chi connectivity index (χ2v) is 12.0. The van der Waals surface area contributed by atoms with Gasteiger partial charge in [0.15, 0.2) is 11.4 Å². The molecule has 2 aliphatic heterocycles. The molecule has 1 saturated carbocycles. The molecule has 3 aliphatic rings. The molecule has 0 radical (unpaired) electrons. The fourth-order valence-electron chi connectivity index (χ4n) is 6.82. The molecule has 40 heavy (non-hydrogen) atoms. The molecule has 0 spiro atoms. The van der Waals surface area contributed by atoms with Crippen LogP contribution in [0.4, 0.5) is 4.39 Å². The van der Waals surface area contributed by atoms with Crippen molar-refractivity contribution in [2.45, 2.75) is 71.1 Å². The summed E-state index contributed by atoms with van der Waals surface area (Å²) < 4.78 is 16.1. The van der Waals surface area contributed by atoms with Gasteiger partial charge in [-0.2, -0.15) is 5.10 Å². The molecule has 2 bridgehead atoms. The number of piperidine rings is 1. The lowest BCUT2D eigenvalue weighted by atomic mass is 9.89. The van der Waals surface area contributed by atoms with Crippen LogP contribution in [0.2, 0.25) is 0 Å². The van der Waals surface area contributed by atoms with Crippen LogP contribution in [-0.4, -0.2) is 79.4 Å². The first kappa shape index (κ1) is 26.6. The van der Waals surface area contributed by atoms with E-state index in [9.17, 15) is 18.8 Å². The second kappa shape index (κ2) is 10.1. The van der Waals surface area contributed by atoms with E-state index >= 15 is 0 Å². The van der Waals surface area contributed by atoms with Gasteiger partial charge < -0.3 is 15.1 Å². The largest absolute Gasteiger partial charge is 0.340 e. The fourth-order valence-corrected chi connectivity index (χ4v) is 6.82. The molecule has 2 aromatic heterocycles. The monoisotopic (exact) mass is 546 g/mol. The van der Waals surface area contributed by atoms with Crippen LogP contribution < -0.4 is 5.32 Å². The van der Waals surface area contributed by atoms with Gasteiger partial charge in [-0.15, -0.1) is 5.10 Å². The van der Waals surface area contributed by atoms with Crippen LogP contribution in [0, 0.1) is 17.7 Å². The van der Waals surface area contributed by atoms with Crippen molar-refractivity contribution in [3.8, 4) is 5.69 Å². The number of carbonyl (C=O) groups is 3. The van der Waals surface area contributed by atoms with E-state index in [1.54, 1.807) is 26.6 Å². The van der Waals surface area contributed by atoms with Crippen LogP contribution in [0.5, 0.6) is 0 Å². The number of nitrogens with one attached hydrogen (secondary N) is 1. The summed E-state index contributed by atoms with van der Waals surface area (Å²) in [5.74, 6) is -0.732. The summed E-state index contributed by atoms with van der Waals surface area (Å²) in [6.45, 7) is 8.45. The maximum Gasteiger partial charge on any atom is 0.256 e. The molecule has 6 rings (SSSR count). The number of fused-ring (bicyclic) bond motifs is 3. The Labute approximate surface area is 232 Å². The van der Waals surface area contributed by atoms with Crippen molar-refractivity contribution in [3.63, 3.8) is 0 Å². The molecule has 1 aromatic carbocycles. The Kier molecular flexibility index (Phi) is 6.68. The van der Waals surface area contributed by atoms with Crippen LogP contribution in [0.25, 0.3) is 16.7 Å². The third kappa shape index (κ3) is 4.38. The van der Waals surface area contributed by atoms with Gasteiger partial charge in [0.1, 0.15) is 5.82 Å². The predicted octanol–water partition coefficient (Wildman–Crippen LogP) is 3.60. The molecule has 3 atom stereocenters. The van der Waals surface area contributed by atoms with E-state index in [1.807, 2.05) is 27.7 Å². The Hall–Kier alpha value is -3.66. The zero-order valence-corrected chi connectivity index (χ0v) is 23.3. The quantitative estimate of drug-likeness (QED) is 0.455. The normalized spacial score (nSPS) is 22.4. The van der Waals surface area contributed by atoms with E-state index in [0.717, 1.165) is 19.3 Å². The summed E-state index contributed by atoms with van der Waals surface area (Å²) in [7, 11) is 0. The molecular formula is C30H35FN6O3. The third-order valence-electron chi connectivity index (χ3n) is 8.73. The number of ketones is 1. The Morgan fingerprint density at radius 3 is 2.45 bits per heavy atom. The van der Waals surface area contributed by atoms with E-state index in [2.05, 4.69) is 15.5 Å². The minimum Gasteiger partial charge on any atom is -0.340 e. The number of Topliss-reactive ketones (excluding diaryl/α,β-unsaturated/α-hetero) is 1. The summed E-state index contributed by atoms with van der Waals surface area (Å²) in [6.07, 6.45) is 6.48. The van der Waals surface area contributed by atoms with Gasteiger partial charge >= 0.3 is 0 Å². The maximum atomic E-state index is 14.5. The number of carbonyl (C=O) groups excluding carboxylic acids is 3. The lowest BCUT2D eigenvalue weighted by molar-refractivity contribution is -0.139. The summed E-state index contributed by atoms with van der Waals surface area (Å²) in [5, 5.41) is 12.4. The van der Waals surface area contributed by atoms with Crippen LogP contribution in [0.3, 0.4) is 0 Å². The van der Waals surface area contributed by atoms with E-state index in [-0.39, 0.29) is 47.2 Å². The number of benzene rings is 1. The highest BCUT2D eigenvalue weighted by Crippen LogP contribution is 2.37. The van der Waals surface area contributed by atoms with Crippen molar-refractivity contribution < 1.29 is 18.8 Å². The molecule has 2 saturated heterocycles. The van der Waals surface area contributed by atoms with Crippen LogP contribution >= 0.6 is 0 Å². The van der Waals surface area contributed by atoms with E-state index in [0.29, 0.717) is 47.3 Å². The number of halogens is 1. The first-order chi connectivity index (χ1) is 19.1. The van der Waals surface area contributed by atoms with Crippen LogP contribution in [-0.2, 0) is 4.79 Å². The van der Waals surface area contributed by atoms with Crippen molar-refractivity contribution in [2.24, 2.45) is 11.8 Å². The van der Waals surface area contributed by atoms with Crippen LogP contribution in [0.1, 0.15) is 67.7 Å². The smallest absolute Gasteiger partial charge is 0.256 e. The Balaban J connectivity index is 1.30. The highest BCUT2D eigenvalue weighted by Gasteiger charge is 2.47. The number of nitrogens with zero attached hydrogens (tertiary/aromatic N) is 5. The Bertz CT molecular complexity index is 1490. The van der Waals surface area contributed by atoms with Gasteiger partial charge in [-0.1, -0.05) is 0 Å². The number of aromatic nitrogens is 3. The van der Waals surface area contributed by atoms with Crippen molar-refractivity contribution in [2.75, 3.05) is 13.1 Å². The zero-order valence-electron chi connectivity index (χ0n) is 23.3. The molecule has 210 valence electrons. The van der Waals surface area contributed by atoms with Gasteiger partial charge in [-0.3, -0.25) is 19.0 Å². The number of amides is 2. The maximum absolute atomic E-state index is 14.5. The highest BCUT2D eigenvalue weighted by molar-refractivity contribution is 6.10. The van der Waals surface area contributed by atoms with Gasteiger partial charge in [0, 0.05) is 48.4 Å². The Morgan fingerprint density at radius 2 is 1.80 bits per heavy atom. The highest BCUT2D eigenvalue weighted by atomic mass is 19.1. The Morgan fingerprint density at radius 1 is 1.05 bits per heavy atom. The summed E-state index contributed by atoms with van der Waals surface area (Å²) in [6, 6.07) is 5.92. The molecular weight excluding hydrogens is 511 g/mol. The molecule has 3 fully saturated rings. The molecule has 2 amide bonds.